The SMILES string of the molecule is Cc1nc(-c2ccc(CCNC(=O)CCN)cc2)cs1.Cl. The molecule has 0 fully saturated rings. The molecule has 0 aliphatic heterocycles. The number of benzene rings is 1. The molecule has 0 saturated heterocycles. The summed E-state index contributed by atoms with van der Waals surface area (Å²) in [6.07, 6.45) is 1.22. The van der Waals surface area contributed by atoms with Crippen LogP contribution in [0.25, 0.3) is 11.3 Å². The van der Waals surface area contributed by atoms with Crippen molar-refractivity contribution in [2.24, 2.45) is 5.73 Å². The number of thiazole rings is 1. The number of nitrogens with one attached hydrogen (secondary N) is 1. The van der Waals surface area contributed by atoms with Crippen LogP contribution in [0.2, 0.25) is 0 Å². The molecule has 1 aromatic heterocycles. The van der Waals surface area contributed by atoms with Gasteiger partial charge in [-0.3, -0.25) is 4.79 Å². The second-order valence-electron chi connectivity index (χ2n) is 4.59. The fourth-order valence-corrected chi connectivity index (χ4v) is 2.53. The van der Waals surface area contributed by atoms with Gasteiger partial charge in [0.25, 0.3) is 0 Å². The Kier molecular flexibility index (Phi) is 7.36. The van der Waals surface area contributed by atoms with Gasteiger partial charge in [0.05, 0.1) is 10.7 Å². The predicted molar refractivity (Wildman–Crippen MR) is 89.9 cm³/mol. The summed E-state index contributed by atoms with van der Waals surface area (Å²) in [4.78, 5) is 15.7. The van der Waals surface area contributed by atoms with E-state index in [1.54, 1.807) is 11.3 Å². The summed E-state index contributed by atoms with van der Waals surface area (Å²) in [5, 5.41) is 5.99. The average molecular weight is 326 g/mol. The van der Waals surface area contributed by atoms with Crippen LogP contribution in [0.4, 0.5) is 0 Å². The quantitative estimate of drug-likeness (QED) is 0.857. The molecule has 0 bridgehead atoms. The van der Waals surface area contributed by atoms with Crippen molar-refractivity contribution in [1.29, 1.82) is 0 Å². The lowest BCUT2D eigenvalue weighted by Gasteiger charge is -2.05. The Bertz CT molecular complexity index is 569. The maximum Gasteiger partial charge on any atom is 0.221 e. The third-order valence-corrected chi connectivity index (χ3v) is 3.75. The smallest absolute Gasteiger partial charge is 0.221 e. The number of amides is 1. The van der Waals surface area contributed by atoms with Crippen molar-refractivity contribution >= 4 is 29.7 Å². The molecule has 2 aromatic rings. The lowest BCUT2D eigenvalue weighted by atomic mass is 10.1. The molecule has 1 aromatic carbocycles. The summed E-state index contributed by atoms with van der Waals surface area (Å²) >= 11 is 1.66. The molecule has 0 aliphatic rings. The van der Waals surface area contributed by atoms with E-state index in [9.17, 15) is 4.79 Å². The number of nitrogens with two attached hydrogens (primary N) is 1. The average Bonchev–Trinajstić information content (AvgIpc) is 2.86. The molecular weight excluding hydrogens is 306 g/mol. The highest BCUT2D eigenvalue weighted by molar-refractivity contribution is 7.09. The summed E-state index contributed by atoms with van der Waals surface area (Å²) in [6.45, 7) is 3.05. The Hall–Kier alpha value is -1.43. The van der Waals surface area contributed by atoms with Crippen molar-refractivity contribution in [2.75, 3.05) is 13.1 Å². The normalized spacial score (nSPS) is 10.0. The maximum absolute atomic E-state index is 11.3. The molecule has 1 heterocycles. The first-order valence-electron chi connectivity index (χ1n) is 6.67. The molecule has 0 atom stereocenters. The van der Waals surface area contributed by atoms with Gasteiger partial charge < -0.3 is 11.1 Å². The van der Waals surface area contributed by atoms with Crippen LogP contribution < -0.4 is 11.1 Å². The van der Waals surface area contributed by atoms with Crippen LogP contribution in [0.3, 0.4) is 0 Å². The van der Waals surface area contributed by atoms with E-state index < -0.39 is 0 Å². The van der Waals surface area contributed by atoms with E-state index in [1.807, 2.05) is 6.92 Å². The summed E-state index contributed by atoms with van der Waals surface area (Å²) in [7, 11) is 0. The molecule has 4 nitrogen and oxygen atoms in total. The number of rotatable bonds is 6. The zero-order valence-corrected chi connectivity index (χ0v) is 13.6. The molecule has 114 valence electrons. The fraction of sp³-hybridized carbons (Fsp3) is 0.333. The third-order valence-electron chi connectivity index (χ3n) is 2.98. The first kappa shape index (κ1) is 17.6. The van der Waals surface area contributed by atoms with Crippen molar-refractivity contribution in [1.82, 2.24) is 10.3 Å². The van der Waals surface area contributed by atoms with Crippen molar-refractivity contribution in [2.45, 2.75) is 19.8 Å². The van der Waals surface area contributed by atoms with Gasteiger partial charge in [-0.05, 0) is 18.9 Å². The van der Waals surface area contributed by atoms with E-state index in [2.05, 4.69) is 39.9 Å². The van der Waals surface area contributed by atoms with Gasteiger partial charge in [-0.2, -0.15) is 0 Å². The van der Waals surface area contributed by atoms with Gasteiger partial charge in [0.15, 0.2) is 0 Å². The highest BCUT2D eigenvalue weighted by atomic mass is 35.5. The van der Waals surface area contributed by atoms with Crippen LogP contribution in [0, 0.1) is 6.92 Å². The minimum atomic E-state index is 0. The molecule has 1 amide bonds. The van der Waals surface area contributed by atoms with E-state index in [1.165, 1.54) is 5.56 Å². The molecule has 2 rings (SSSR count). The Balaban J connectivity index is 0.00000220. The number of nitrogens with zero attached hydrogens (tertiary/aromatic N) is 1. The highest BCUT2D eigenvalue weighted by Crippen LogP contribution is 2.21. The number of aromatic nitrogens is 1. The first-order valence-corrected chi connectivity index (χ1v) is 7.55. The summed E-state index contributed by atoms with van der Waals surface area (Å²) in [5.74, 6) is 0.0158. The van der Waals surface area contributed by atoms with Gasteiger partial charge in [-0.25, -0.2) is 4.98 Å². The lowest BCUT2D eigenvalue weighted by Crippen LogP contribution is -2.27. The van der Waals surface area contributed by atoms with E-state index in [-0.39, 0.29) is 18.3 Å². The third kappa shape index (κ3) is 5.46. The van der Waals surface area contributed by atoms with Gasteiger partial charge in [0.2, 0.25) is 5.91 Å². The van der Waals surface area contributed by atoms with E-state index in [0.29, 0.717) is 19.5 Å². The minimum Gasteiger partial charge on any atom is -0.356 e. The topological polar surface area (TPSA) is 68.0 Å². The molecule has 0 aliphatic carbocycles. The number of hydrogen-bond donors (Lipinski definition) is 2. The van der Waals surface area contributed by atoms with Crippen LogP contribution >= 0.6 is 23.7 Å². The van der Waals surface area contributed by atoms with Crippen LogP contribution in [0.5, 0.6) is 0 Å². The summed E-state index contributed by atoms with van der Waals surface area (Å²) in [6, 6.07) is 8.31. The van der Waals surface area contributed by atoms with E-state index in [0.717, 1.165) is 22.7 Å². The zero-order chi connectivity index (χ0) is 14.4. The molecular formula is C15H20ClN3OS. The number of carbonyl (C=O) groups is 1. The van der Waals surface area contributed by atoms with Crippen LogP contribution in [0.15, 0.2) is 29.6 Å². The Morgan fingerprint density at radius 1 is 1.33 bits per heavy atom. The van der Waals surface area contributed by atoms with Gasteiger partial charge in [-0.1, -0.05) is 24.3 Å². The molecule has 0 unspecified atom stereocenters. The highest BCUT2D eigenvalue weighted by Gasteiger charge is 2.03. The lowest BCUT2D eigenvalue weighted by molar-refractivity contribution is -0.120. The largest absolute Gasteiger partial charge is 0.356 e. The van der Waals surface area contributed by atoms with Crippen LogP contribution in [-0.4, -0.2) is 24.0 Å². The van der Waals surface area contributed by atoms with Crippen molar-refractivity contribution in [3.8, 4) is 11.3 Å². The van der Waals surface area contributed by atoms with Gasteiger partial charge in [0.1, 0.15) is 0 Å². The number of halogens is 1. The zero-order valence-electron chi connectivity index (χ0n) is 12.0. The van der Waals surface area contributed by atoms with E-state index in [4.69, 9.17) is 5.73 Å². The maximum atomic E-state index is 11.3. The van der Waals surface area contributed by atoms with Crippen molar-refractivity contribution in [3.05, 3.63) is 40.2 Å². The second-order valence-corrected chi connectivity index (χ2v) is 5.65. The first-order chi connectivity index (χ1) is 9.69. The molecule has 3 N–H and O–H groups in total. The number of aryl methyl sites for hydroxylation is 1. The second kappa shape index (κ2) is 8.77. The van der Waals surface area contributed by atoms with Crippen LogP contribution in [0.1, 0.15) is 17.0 Å². The molecule has 0 spiro atoms. The standard InChI is InChI=1S/C15H19N3OS.ClH/c1-11-18-14(10-20-11)13-4-2-12(3-5-13)7-9-17-15(19)6-8-16;/h2-5,10H,6-9,16H2,1H3,(H,17,19);1H. The van der Waals surface area contributed by atoms with E-state index >= 15 is 0 Å². The Morgan fingerprint density at radius 3 is 2.62 bits per heavy atom. The molecule has 21 heavy (non-hydrogen) atoms. The fourth-order valence-electron chi connectivity index (χ4n) is 1.90. The van der Waals surface area contributed by atoms with Crippen LogP contribution in [-0.2, 0) is 11.2 Å². The van der Waals surface area contributed by atoms with Crippen molar-refractivity contribution in [3.63, 3.8) is 0 Å². The monoisotopic (exact) mass is 325 g/mol. The summed E-state index contributed by atoms with van der Waals surface area (Å²) < 4.78 is 0. The Labute approximate surface area is 135 Å². The van der Waals surface area contributed by atoms with Gasteiger partial charge in [-0.15, -0.1) is 23.7 Å². The number of hydrogen-bond acceptors (Lipinski definition) is 4. The predicted octanol–water partition coefficient (Wildman–Crippen LogP) is 2.55. The minimum absolute atomic E-state index is 0. The van der Waals surface area contributed by atoms with Gasteiger partial charge in [0, 0.05) is 30.5 Å². The molecule has 0 radical (unpaired) electrons. The van der Waals surface area contributed by atoms with Gasteiger partial charge >= 0.3 is 0 Å². The van der Waals surface area contributed by atoms with Crippen molar-refractivity contribution < 1.29 is 4.79 Å². The summed E-state index contributed by atoms with van der Waals surface area (Å²) in [5.41, 5.74) is 8.68. The number of carbonyl (C=O) groups excluding carboxylic acids is 1. The molecule has 0 saturated carbocycles. The Morgan fingerprint density at radius 2 is 2.05 bits per heavy atom. The molecule has 6 heteroatoms.